The monoisotopic (exact) mass is 282 g/mol. The van der Waals surface area contributed by atoms with Crippen LogP contribution >= 0.6 is 0 Å². The zero-order valence-electron chi connectivity index (χ0n) is 14.6. The summed E-state index contributed by atoms with van der Waals surface area (Å²) in [5, 5.41) is 3.84. The summed E-state index contributed by atoms with van der Waals surface area (Å²) in [6, 6.07) is 1.49. The van der Waals surface area contributed by atoms with Gasteiger partial charge in [0.2, 0.25) is 0 Å². The van der Waals surface area contributed by atoms with Crippen molar-refractivity contribution in [1.82, 2.24) is 10.2 Å². The van der Waals surface area contributed by atoms with Gasteiger partial charge in [0.15, 0.2) is 0 Å². The average Bonchev–Trinajstić information content (AvgIpc) is 2.44. The number of hydrogen-bond donors (Lipinski definition) is 1. The highest BCUT2D eigenvalue weighted by atomic mass is 15.2. The lowest BCUT2D eigenvalue weighted by atomic mass is 9.76. The molecule has 1 aliphatic rings. The van der Waals surface area contributed by atoms with Crippen LogP contribution in [0.1, 0.15) is 73.1 Å². The lowest BCUT2D eigenvalue weighted by Crippen LogP contribution is -2.54. The van der Waals surface area contributed by atoms with Crippen LogP contribution in [0.3, 0.4) is 0 Å². The van der Waals surface area contributed by atoms with Crippen LogP contribution in [0, 0.1) is 11.8 Å². The molecule has 0 aliphatic heterocycles. The topological polar surface area (TPSA) is 15.3 Å². The molecule has 1 saturated carbocycles. The standard InChI is InChI=1S/C18H38N2/c1-6-11-19-17-10-9-16(15(4)5)14-18(17)20(12-7-2)13-8-3/h15-19H,6-14H2,1-5H3. The predicted molar refractivity (Wildman–Crippen MR) is 90.2 cm³/mol. The van der Waals surface area contributed by atoms with Gasteiger partial charge in [0, 0.05) is 12.1 Å². The van der Waals surface area contributed by atoms with Crippen molar-refractivity contribution in [1.29, 1.82) is 0 Å². The Bertz CT molecular complexity index is 234. The molecule has 1 rings (SSSR count). The van der Waals surface area contributed by atoms with E-state index in [0.717, 1.165) is 23.9 Å². The van der Waals surface area contributed by atoms with Gasteiger partial charge in [-0.05, 0) is 70.0 Å². The molecule has 0 bridgehead atoms. The molecule has 3 unspecified atom stereocenters. The van der Waals surface area contributed by atoms with Gasteiger partial charge >= 0.3 is 0 Å². The van der Waals surface area contributed by atoms with Crippen molar-refractivity contribution >= 4 is 0 Å². The van der Waals surface area contributed by atoms with E-state index in [9.17, 15) is 0 Å². The van der Waals surface area contributed by atoms with E-state index >= 15 is 0 Å². The summed E-state index contributed by atoms with van der Waals surface area (Å²) < 4.78 is 0. The molecule has 1 aliphatic carbocycles. The van der Waals surface area contributed by atoms with Crippen LogP contribution in [-0.4, -0.2) is 36.6 Å². The molecule has 120 valence electrons. The minimum Gasteiger partial charge on any atom is -0.312 e. The lowest BCUT2D eigenvalue weighted by molar-refractivity contribution is 0.0825. The fourth-order valence-electron chi connectivity index (χ4n) is 3.77. The highest BCUT2D eigenvalue weighted by Crippen LogP contribution is 2.33. The third-order valence-corrected chi connectivity index (χ3v) is 4.95. The summed E-state index contributed by atoms with van der Waals surface area (Å²) in [6.07, 6.45) is 8.00. The van der Waals surface area contributed by atoms with Crippen LogP contribution in [0.5, 0.6) is 0 Å². The molecular weight excluding hydrogens is 244 g/mol. The summed E-state index contributed by atoms with van der Waals surface area (Å²) >= 11 is 0. The predicted octanol–water partition coefficient (Wildman–Crippen LogP) is 4.30. The molecule has 0 aromatic heterocycles. The van der Waals surface area contributed by atoms with Crippen molar-refractivity contribution in [3.63, 3.8) is 0 Å². The number of nitrogens with one attached hydrogen (secondary N) is 1. The minimum atomic E-state index is 0.725. The van der Waals surface area contributed by atoms with Gasteiger partial charge in [-0.15, -0.1) is 0 Å². The molecule has 1 N–H and O–H groups in total. The molecule has 20 heavy (non-hydrogen) atoms. The van der Waals surface area contributed by atoms with E-state index in [4.69, 9.17) is 0 Å². The molecule has 0 radical (unpaired) electrons. The van der Waals surface area contributed by atoms with Gasteiger partial charge in [-0.3, -0.25) is 4.90 Å². The van der Waals surface area contributed by atoms with E-state index in [-0.39, 0.29) is 0 Å². The second-order valence-corrected chi connectivity index (χ2v) is 6.98. The summed E-state index contributed by atoms with van der Waals surface area (Å²) in [7, 11) is 0. The van der Waals surface area contributed by atoms with Gasteiger partial charge in [-0.2, -0.15) is 0 Å². The third-order valence-electron chi connectivity index (χ3n) is 4.95. The van der Waals surface area contributed by atoms with E-state index in [1.807, 2.05) is 0 Å². The normalized spacial score (nSPS) is 27.4. The van der Waals surface area contributed by atoms with Crippen molar-refractivity contribution in [3.05, 3.63) is 0 Å². The Morgan fingerprint density at radius 2 is 1.65 bits per heavy atom. The molecule has 0 aromatic rings. The quantitative estimate of drug-likeness (QED) is 0.678. The van der Waals surface area contributed by atoms with Crippen molar-refractivity contribution in [3.8, 4) is 0 Å². The maximum Gasteiger partial charge on any atom is 0.0252 e. The Balaban J connectivity index is 2.72. The van der Waals surface area contributed by atoms with Gasteiger partial charge in [-0.25, -0.2) is 0 Å². The van der Waals surface area contributed by atoms with Crippen LogP contribution in [0.25, 0.3) is 0 Å². The first-order valence-corrected chi connectivity index (χ1v) is 9.11. The van der Waals surface area contributed by atoms with Crippen LogP contribution in [0.15, 0.2) is 0 Å². The van der Waals surface area contributed by atoms with Crippen LogP contribution in [0.2, 0.25) is 0 Å². The molecule has 0 heterocycles. The maximum absolute atomic E-state index is 3.84. The zero-order valence-corrected chi connectivity index (χ0v) is 14.6. The first kappa shape index (κ1) is 18.0. The van der Waals surface area contributed by atoms with Crippen molar-refractivity contribution < 1.29 is 0 Å². The Kier molecular flexibility index (Phi) is 8.79. The van der Waals surface area contributed by atoms with Crippen LogP contribution in [-0.2, 0) is 0 Å². The summed E-state index contributed by atoms with van der Waals surface area (Å²) in [5.74, 6) is 1.77. The summed E-state index contributed by atoms with van der Waals surface area (Å²) in [6.45, 7) is 15.5. The van der Waals surface area contributed by atoms with E-state index < -0.39 is 0 Å². The fourth-order valence-corrected chi connectivity index (χ4v) is 3.77. The molecule has 0 saturated heterocycles. The highest BCUT2D eigenvalue weighted by molar-refractivity contribution is 4.92. The summed E-state index contributed by atoms with van der Waals surface area (Å²) in [4.78, 5) is 2.78. The van der Waals surface area contributed by atoms with Crippen molar-refractivity contribution in [2.45, 2.75) is 85.2 Å². The van der Waals surface area contributed by atoms with Crippen molar-refractivity contribution in [2.75, 3.05) is 19.6 Å². The molecule has 0 spiro atoms. The Morgan fingerprint density at radius 3 is 2.15 bits per heavy atom. The average molecular weight is 283 g/mol. The second-order valence-electron chi connectivity index (χ2n) is 6.98. The van der Waals surface area contributed by atoms with Gasteiger partial charge in [0.1, 0.15) is 0 Å². The van der Waals surface area contributed by atoms with E-state index in [1.165, 1.54) is 58.2 Å². The molecule has 1 fully saturated rings. The number of hydrogen-bond acceptors (Lipinski definition) is 2. The highest BCUT2D eigenvalue weighted by Gasteiger charge is 2.34. The van der Waals surface area contributed by atoms with Gasteiger partial charge < -0.3 is 5.32 Å². The SMILES string of the molecule is CCCNC1CCC(C(C)C)CC1N(CCC)CCC. The Morgan fingerprint density at radius 1 is 1.00 bits per heavy atom. The first-order chi connectivity index (χ1) is 9.63. The Hall–Kier alpha value is -0.0800. The molecule has 2 nitrogen and oxygen atoms in total. The fraction of sp³-hybridized carbons (Fsp3) is 1.00. The molecule has 2 heteroatoms. The molecule has 3 atom stereocenters. The smallest absolute Gasteiger partial charge is 0.0252 e. The lowest BCUT2D eigenvalue weighted by Gasteiger charge is -2.44. The molecule has 0 aromatic carbocycles. The van der Waals surface area contributed by atoms with Gasteiger partial charge in [-0.1, -0.05) is 34.6 Å². The molecule has 0 amide bonds. The maximum atomic E-state index is 3.84. The molecular formula is C18H38N2. The largest absolute Gasteiger partial charge is 0.312 e. The third kappa shape index (κ3) is 5.37. The zero-order chi connectivity index (χ0) is 15.0. The van der Waals surface area contributed by atoms with E-state index in [0.29, 0.717) is 0 Å². The second kappa shape index (κ2) is 9.78. The van der Waals surface area contributed by atoms with Crippen LogP contribution < -0.4 is 5.32 Å². The van der Waals surface area contributed by atoms with Crippen molar-refractivity contribution in [2.24, 2.45) is 11.8 Å². The van der Waals surface area contributed by atoms with E-state index in [1.54, 1.807) is 0 Å². The van der Waals surface area contributed by atoms with Gasteiger partial charge in [0.25, 0.3) is 0 Å². The number of nitrogens with zero attached hydrogens (tertiary/aromatic N) is 1. The summed E-state index contributed by atoms with van der Waals surface area (Å²) in [5.41, 5.74) is 0. The first-order valence-electron chi connectivity index (χ1n) is 9.11. The van der Waals surface area contributed by atoms with Crippen LogP contribution in [0.4, 0.5) is 0 Å². The minimum absolute atomic E-state index is 0.725. The van der Waals surface area contributed by atoms with Gasteiger partial charge in [0.05, 0.1) is 0 Å². The van der Waals surface area contributed by atoms with E-state index in [2.05, 4.69) is 44.8 Å². The number of rotatable bonds is 9. The Labute approximate surface area is 127 Å².